The van der Waals surface area contributed by atoms with Gasteiger partial charge in [0.25, 0.3) is 0 Å². The number of rotatable bonds is 1. The number of ketones is 1. The minimum atomic E-state index is -2.32. The maximum absolute atomic E-state index is 12.8. The van der Waals surface area contributed by atoms with Crippen molar-refractivity contribution in [3.63, 3.8) is 0 Å². The van der Waals surface area contributed by atoms with Gasteiger partial charge in [0.1, 0.15) is 5.75 Å². The summed E-state index contributed by atoms with van der Waals surface area (Å²) in [5.74, 6) is -1.50. The van der Waals surface area contributed by atoms with Gasteiger partial charge >= 0.3 is 0 Å². The van der Waals surface area contributed by atoms with E-state index in [4.69, 9.17) is 0 Å². The predicted octanol–water partition coefficient (Wildman–Crippen LogP) is -0.398. The van der Waals surface area contributed by atoms with E-state index in [1.54, 1.807) is 19.1 Å². The van der Waals surface area contributed by atoms with Crippen molar-refractivity contribution in [1.82, 2.24) is 0 Å². The number of phenols is 1. The van der Waals surface area contributed by atoms with Crippen LogP contribution in [0, 0.1) is 11.3 Å². The Morgan fingerprint density at radius 3 is 2.64 bits per heavy atom. The highest BCUT2D eigenvalue weighted by molar-refractivity contribution is 6.08. The van der Waals surface area contributed by atoms with Gasteiger partial charge < -0.3 is 25.5 Å². The molecule has 1 aromatic carbocycles. The summed E-state index contributed by atoms with van der Waals surface area (Å²) in [5, 5.41) is 51.8. The van der Waals surface area contributed by atoms with E-state index in [1.165, 1.54) is 6.07 Å². The molecule has 0 unspecified atom stereocenters. The van der Waals surface area contributed by atoms with E-state index >= 15 is 0 Å². The van der Waals surface area contributed by atoms with Gasteiger partial charge in [-0.3, -0.25) is 4.79 Å². The Hall–Kier alpha value is -1.47. The second kappa shape index (κ2) is 4.76. The molecule has 6 heteroatoms. The fraction of sp³-hybridized carbons (Fsp3) is 0.562. The van der Waals surface area contributed by atoms with Crippen LogP contribution in [0.1, 0.15) is 29.3 Å². The molecule has 0 aromatic heterocycles. The van der Waals surface area contributed by atoms with Crippen molar-refractivity contribution in [3.05, 3.63) is 29.3 Å². The molecule has 0 radical (unpaired) electrons. The Kier molecular flexibility index (Phi) is 3.34. The molecule has 6 nitrogen and oxygen atoms in total. The number of Topliss-reactive ketones (excluding diaryl/α,β-unsaturated/α-hetero) is 1. The number of aliphatic hydroxyl groups is 4. The van der Waals surface area contributed by atoms with Gasteiger partial charge in [-0.25, -0.2) is 0 Å². The number of benzene rings is 1. The second-order valence-corrected chi connectivity index (χ2v) is 6.57. The number of hydrogen-bond acceptors (Lipinski definition) is 6. The SMILES string of the molecule is C[C@H]1C[C@H](O)[C@]2(O)C(=O)c3c(O)cccc3C[C@@]2(CO)[C@H]1O. The van der Waals surface area contributed by atoms with E-state index in [-0.39, 0.29) is 30.1 Å². The summed E-state index contributed by atoms with van der Waals surface area (Å²) in [7, 11) is 0. The standard InChI is InChI=1S/C16H20O6/c1-8-5-11(19)16(22)14(21)12-9(3-2-4-10(12)18)6-15(16,7-17)13(8)20/h2-4,8,11,13,17-20,22H,5-7H2,1H3/t8-,11-,13-,15+,16-/m0/s1. The second-order valence-electron chi connectivity index (χ2n) is 6.57. The highest BCUT2D eigenvalue weighted by Crippen LogP contribution is 2.54. The molecule has 1 aromatic rings. The van der Waals surface area contributed by atoms with E-state index in [0.29, 0.717) is 5.56 Å². The summed E-state index contributed by atoms with van der Waals surface area (Å²) in [6.07, 6.45) is -2.53. The summed E-state index contributed by atoms with van der Waals surface area (Å²) >= 11 is 0. The lowest BCUT2D eigenvalue weighted by Gasteiger charge is -2.57. The first-order valence-corrected chi connectivity index (χ1v) is 7.34. The number of carbonyl (C=O) groups is 1. The molecule has 0 amide bonds. The average molecular weight is 308 g/mol. The summed E-state index contributed by atoms with van der Waals surface area (Å²) < 4.78 is 0. The molecule has 0 aliphatic heterocycles. The zero-order valence-corrected chi connectivity index (χ0v) is 12.2. The fourth-order valence-electron chi connectivity index (χ4n) is 4.17. The van der Waals surface area contributed by atoms with Crippen molar-refractivity contribution in [2.75, 3.05) is 6.61 Å². The van der Waals surface area contributed by atoms with Crippen molar-refractivity contribution < 1.29 is 30.3 Å². The first kappa shape index (κ1) is 15.4. The third-order valence-corrected chi connectivity index (χ3v) is 5.43. The zero-order valence-electron chi connectivity index (χ0n) is 12.2. The van der Waals surface area contributed by atoms with Gasteiger partial charge in [0.2, 0.25) is 5.78 Å². The molecule has 2 aliphatic carbocycles. The van der Waals surface area contributed by atoms with Crippen LogP contribution in [0.4, 0.5) is 0 Å². The van der Waals surface area contributed by atoms with Crippen LogP contribution in [0.5, 0.6) is 5.75 Å². The van der Waals surface area contributed by atoms with Crippen LogP contribution < -0.4 is 0 Å². The van der Waals surface area contributed by atoms with Crippen LogP contribution in [0.25, 0.3) is 0 Å². The molecule has 1 fully saturated rings. The summed E-state index contributed by atoms with van der Waals surface area (Å²) in [6.45, 7) is 1.06. The van der Waals surface area contributed by atoms with E-state index < -0.39 is 35.6 Å². The lowest BCUT2D eigenvalue weighted by Crippen LogP contribution is -2.73. The largest absolute Gasteiger partial charge is 0.507 e. The quantitative estimate of drug-likeness (QED) is 0.482. The Morgan fingerprint density at radius 1 is 1.32 bits per heavy atom. The van der Waals surface area contributed by atoms with Crippen LogP contribution in [0.15, 0.2) is 18.2 Å². The number of aliphatic hydroxyl groups excluding tert-OH is 3. The summed E-state index contributed by atoms with van der Waals surface area (Å²) in [5.41, 5.74) is -3.50. The van der Waals surface area contributed by atoms with Gasteiger partial charge in [0, 0.05) is 0 Å². The normalized spacial score (nSPS) is 41.0. The van der Waals surface area contributed by atoms with Crippen molar-refractivity contribution in [2.24, 2.45) is 11.3 Å². The van der Waals surface area contributed by atoms with E-state index in [9.17, 15) is 30.3 Å². The lowest BCUT2D eigenvalue weighted by molar-refractivity contribution is -0.228. The number of carbonyl (C=O) groups excluding carboxylic acids is 1. The lowest BCUT2D eigenvalue weighted by atomic mass is 9.51. The molecule has 0 spiro atoms. The van der Waals surface area contributed by atoms with E-state index in [1.807, 2.05) is 0 Å². The molecule has 2 aliphatic rings. The van der Waals surface area contributed by atoms with E-state index in [0.717, 1.165) is 0 Å². The van der Waals surface area contributed by atoms with Gasteiger partial charge in [0.15, 0.2) is 5.60 Å². The number of hydrogen-bond donors (Lipinski definition) is 5. The predicted molar refractivity (Wildman–Crippen MR) is 76.4 cm³/mol. The number of phenolic OH excluding ortho intramolecular Hbond substituents is 1. The average Bonchev–Trinajstić information content (AvgIpc) is 2.48. The van der Waals surface area contributed by atoms with Gasteiger partial charge in [0.05, 0.1) is 29.8 Å². The fourth-order valence-corrected chi connectivity index (χ4v) is 4.17. The maximum atomic E-state index is 12.8. The first-order valence-electron chi connectivity index (χ1n) is 7.34. The van der Waals surface area contributed by atoms with Gasteiger partial charge in [-0.2, -0.15) is 0 Å². The van der Waals surface area contributed by atoms with Crippen LogP contribution in [-0.2, 0) is 6.42 Å². The van der Waals surface area contributed by atoms with Crippen LogP contribution in [0.3, 0.4) is 0 Å². The monoisotopic (exact) mass is 308 g/mol. The summed E-state index contributed by atoms with van der Waals surface area (Å²) in [6, 6.07) is 4.51. The van der Waals surface area contributed by atoms with Gasteiger partial charge in [-0.15, -0.1) is 0 Å². The summed E-state index contributed by atoms with van der Waals surface area (Å²) in [4.78, 5) is 12.8. The third kappa shape index (κ3) is 1.61. The molecule has 5 atom stereocenters. The Bertz CT molecular complexity index is 629. The van der Waals surface area contributed by atoms with Gasteiger partial charge in [-0.1, -0.05) is 19.1 Å². The molecule has 120 valence electrons. The minimum absolute atomic E-state index is 0.00194. The van der Waals surface area contributed by atoms with Crippen molar-refractivity contribution >= 4 is 5.78 Å². The van der Waals surface area contributed by atoms with Crippen molar-refractivity contribution in [3.8, 4) is 5.75 Å². The molecule has 5 N–H and O–H groups in total. The van der Waals surface area contributed by atoms with Crippen LogP contribution >= 0.6 is 0 Å². The Labute approximate surface area is 127 Å². The third-order valence-electron chi connectivity index (χ3n) is 5.43. The highest BCUT2D eigenvalue weighted by Gasteiger charge is 2.68. The molecule has 0 heterocycles. The Morgan fingerprint density at radius 2 is 2.00 bits per heavy atom. The van der Waals surface area contributed by atoms with Gasteiger partial charge in [-0.05, 0) is 30.4 Å². The van der Waals surface area contributed by atoms with Crippen molar-refractivity contribution in [1.29, 1.82) is 0 Å². The first-order chi connectivity index (χ1) is 10.3. The molecule has 3 rings (SSSR count). The smallest absolute Gasteiger partial charge is 0.201 e. The molecular weight excluding hydrogens is 288 g/mol. The van der Waals surface area contributed by atoms with Crippen molar-refractivity contribution in [2.45, 2.75) is 37.6 Å². The zero-order chi connectivity index (χ0) is 16.3. The van der Waals surface area contributed by atoms with Crippen LogP contribution in [-0.4, -0.2) is 55.7 Å². The van der Waals surface area contributed by atoms with Crippen LogP contribution in [0.2, 0.25) is 0 Å². The number of aromatic hydroxyl groups is 1. The number of fused-ring (bicyclic) bond motifs is 2. The molecule has 1 saturated carbocycles. The molecule has 0 saturated heterocycles. The van der Waals surface area contributed by atoms with E-state index in [2.05, 4.69) is 0 Å². The molecule has 0 bridgehead atoms. The molecule has 22 heavy (non-hydrogen) atoms. The molecular formula is C16H20O6. The maximum Gasteiger partial charge on any atom is 0.201 e. The Balaban J connectivity index is 2.28. The highest BCUT2D eigenvalue weighted by atomic mass is 16.4. The topological polar surface area (TPSA) is 118 Å². The minimum Gasteiger partial charge on any atom is -0.507 e.